The highest BCUT2D eigenvalue weighted by atomic mass is 32.2. The van der Waals surface area contributed by atoms with Gasteiger partial charge in [0.2, 0.25) is 5.91 Å². The quantitative estimate of drug-likeness (QED) is 0.750. The van der Waals surface area contributed by atoms with Gasteiger partial charge in [-0.1, -0.05) is 30.8 Å². The predicted molar refractivity (Wildman–Crippen MR) is 102 cm³/mol. The summed E-state index contributed by atoms with van der Waals surface area (Å²) in [5, 5.41) is 9.24. The van der Waals surface area contributed by atoms with Crippen LogP contribution in [-0.4, -0.2) is 51.0 Å². The Morgan fingerprint density at radius 3 is 2.93 bits per heavy atom. The zero-order valence-electron chi connectivity index (χ0n) is 15.6. The molecule has 7 nitrogen and oxygen atoms in total. The van der Waals surface area contributed by atoms with E-state index in [4.69, 9.17) is 9.47 Å². The first-order chi connectivity index (χ1) is 13.1. The van der Waals surface area contributed by atoms with Crippen LogP contribution in [0.5, 0.6) is 11.5 Å². The lowest BCUT2D eigenvalue weighted by molar-refractivity contribution is -0.130. The zero-order chi connectivity index (χ0) is 18.8. The Labute approximate surface area is 163 Å². The van der Waals surface area contributed by atoms with Crippen molar-refractivity contribution in [2.45, 2.75) is 31.0 Å². The van der Waals surface area contributed by atoms with E-state index in [1.165, 1.54) is 18.2 Å². The summed E-state index contributed by atoms with van der Waals surface area (Å²) in [6.45, 7) is 4.31. The highest BCUT2D eigenvalue weighted by Gasteiger charge is 2.28. The summed E-state index contributed by atoms with van der Waals surface area (Å²) < 4.78 is 13.7. The van der Waals surface area contributed by atoms with E-state index in [2.05, 4.69) is 17.1 Å². The van der Waals surface area contributed by atoms with Crippen LogP contribution in [-0.2, 0) is 11.8 Å². The number of amides is 1. The smallest absolute Gasteiger partial charge is 0.233 e. The molecule has 0 aliphatic carbocycles. The van der Waals surface area contributed by atoms with E-state index < -0.39 is 0 Å². The van der Waals surface area contributed by atoms with Gasteiger partial charge in [0.25, 0.3) is 0 Å². The summed E-state index contributed by atoms with van der Waals surface area (Å²) in [6, 6.07) is 7.59. The Morgan fingerprint density at radius 2 is 2.11 bits per heavy atom. The van der Waals surface area contributed by atoms with Crippen molar-refractivity contribution in [2.75, 3.05) is 25.4 Å². The SMILES string of the molecule is CC1CCCN(C(=O)CSc2nnc(C3COc4ccccc4O3)n2C)C1. The lowest BCUT2D eigenvalue weighted by Gasteiger charge is -2.30. The van der Waals surface area contributed by atoms with Crippen molar-refractivity contribution >= 4 is 17.7 Å². The molecule has 27 heavy (non-hydrogen) atoms. The van der Waals surface area contributed by atoms with Crippen molar-refractivity contribution in [3.63, 3.8) is 0 Å². The molecule has 4 rings (SSSR count). The second-order valence-corrected chi connectivity index (χ2v) is 8.08. The maximum atomic E-state index is 12.5. The lowest BCUT2D eigenvalue weighted by atomic mass is 10.0. The van der Waals surface area contributed by atoms with E-state index >= 15 is 0 Å². The van der Waals surface area contributed by atoms with Gasteiger partial charge < -0.3 is 18.9 Å². The first-order valence-electron chi connectivity index (χ1n) is 9.30. The van der Waals surface area contributed by atoms with Gasteiger partial charge in [0.05, 0.1) is 5.75 Å². The molecule has 1 aromatic heterocycles. The van der Waals surface area contributed by atoms with Crippen LogP contribution < -0.4 is 9.47 Å². The van der Waals surface area contributed by atoms with Gasteiger partial charge in [-0.3, -0.25) is 4.79 Å². The molecule has 0 saturated carbocycles. The standard InChI is InChI=1S/C19H24N4O3S/c1-13-6-5-9-23(10-13)17(24)12-27-19-21-20-18(22(19)2)16-11-25-14-7-3-4-8-15(14)26-16/h3-4,7-8,13,16H,5-6,9-12H2,1-2H3. The van der Waals surface area contributed by atoms with Crippen LogP contribution in [0.25, 0.3) is 0 Å². The van der Waals surface area contributed by atoms with Crippen molar-refractivity contribution in [3.05, 3.63) is 30.1 Å². The third kappa shape index (κ3) is 3.90. The topological polar surface area (TPSA) is 69.5 Å². The summed E-state index contributed by atoms with van der Waals surface area (Å²) >= 11 is 1.42. The number of thioether (sulfide) groups is 1. The number of rotatable bonds is 4. The van der Waals surface area contributed by atoms with Crippen LogP contribution in [0.4, 0.5) is 0 Å². The Balaban J connectivity index is 1.39. The van der Waals surface area contributed by atoms with Gasteiger partial charge in [-0.05, 0) is 30.9 Å². The number of fused-ring (bicyclic) bond motifs is 1. The van der Waals surface area contributed by atoms with Crippen LogP contribution in [0, 0.1) is 5.92 Å². The summed E-state index contributed by atoms with van der Waals surface area (Å²) in [4.78, 5) is 14.4. The molecule has 2 aromatic rings. The predicted octanol–water partition coefficient (Wildman–Crippen LogP) is 2.68. The number of carbonyl (C=O) groups excluding carboxylic acids is 1. The highest BCUT2D eigenvalue weighted by molar-refractivity contribution is 7.99. The van der Waals surface area contributed by atoms with Gasteiger partial charge in [-0.25, -0.2) is 0 Å². The van der Waals surface area contributed by atoms with Gasteiger partial charge in [0.1, 0.15) is 6.61 Å². The minimum atomic E-state index is -0.314. The molecule has 144 valence electrons. The molecule has 3 heterocycles. The van der Waals surface area contributed by atoms with E-state index in [0.717, 1.165) is 25.3 Å². The summed E-state index contributed by atoms with van der Waals surface area (Å²) in [5.74, 6) is 3.28. The van der Waals surface area contributed by atoms with E-state index in [-0.39, 0.29) is 12.0 Å². The van der Waals surface area contributed by atoms with E-state index in [9.17, 15) is 4.79 Å². The van der Waals surface area contributed by atoms with Crippen molar-refractivity contribution in [1.82, 2.24) is 19.7 Å². The number of piperidine rings is 1. The Hall–Kier alpha value is -2.22. The summed E-state index contributed by atoms with van der Waals surface area (Å²) in [6.07, 6.45) is 1.98. The molecule has 2 aliphatic heterocycles. The highest BCUT2D eigenvalue weighted by Crippen LogP contribution is 2.35. The Kier molecular flexibility index (Phi) is 5.24. The number of aromatic nitrogens is 3. The maximum Gasteiger partial charge on any atom is 0.233 e. The first kappa shape index (κ1) is 18.2. The van der Waals surface area contributed by atoms with Crippen LogP contribution in [0.1, 0.15) is 31.7 Å². The average molecular weight is 388 g/mol. The Bertz CT molecular complexity index is 825. The van der Waals surface area contributed by atoms with Crippen LogP contribution in [0.3, 0.4) is 0 Å². The molecule has 1 saturated heterocycles. The zero-order valence-corrected chi connectivity index (χ0v) is 16.4. The van der Waals surface area contributed by atoms with Crippen molar-refractivity contribution < 1.29 is 14.3 Å². The van der Waals surface area contributed by atoms with Crippen LogP contribution >= 0.6 is 11.8 Å². The van der Waals surface area contributed by atoms with Crippen molar-refractivity contribution in [2.24, 2.45) is 13.0 Å². The molecule has 2 atom stereocenters. The third-order valence-electron chi connectivity index (χ3n) is 5.00. The third-order valence-corrected chi connectivity index (χ3v) is 6.00. The molecule has 0 radical (unpaired) electrons. The normalized spacial score (nSPS) is 21.9. The van der Waals surface area contributed by atoms with E-state index in [1.807, 2.05) is 40.8 Å². The molecule has 1 fully saturated rings. The lowest BCUT2D eigenvalue weighted by Crippen LogP contribution is -2.40. The minimum absolute atomic E-state index is 0.169. The molecular weight excluding hydrogens is 364 g/mol. The number of benzene rings is 1. The van der Waals surface area contributed by atoms with Gasteiger partial charge in [0.15, 0.2) is 28.6 Å². The fraction of sp³-hybridized carbons (Fsp3) is 0.526. The number of ether oxygens (including phenoxy) is 2. The van der Waals surface area contributed by atoms with Crippen LogP contribution in [0.15, 0.2) is 29.4 Å². The molecule has 1 aromatic carbocycles. The molecule has 1 amide bonds. The molecular formula is C19H24N4O3S. The van der Waals surface area contributed by atoms with Crippen LogP contribution in [0.2, 0.25) is 0 Å². The van der Waals surface area contributed by atoms with Gasteiger partial charge in [0, 0.05) is 20.1 Å². The largest absolute Gasteiger partial charge is 0.485 e. The number of hydrogen-bond donors (Lipinski definition) is 0. The molecule has 2 unspecified atom stereocenters. The van der Waals surface area contributed by atoms with Crippen molar-refractivity contribution in [3.8, 4) is 11.5 Å². The number of hydrogen-bond acceptors (Lipinski definition) is 6. The molecule has 8 heteroatoms. The number of likely N-dealkylation sites (tertiary alicyclic amines) is 1. The van der Waals surface area contributed by atoms with Gasteiger partial charge >= 0.3 is 0 Å². The number of carbonyl (C=O) groups is 1. The maximum absolute atomic E-state index is 12.5. The summed E-state index contributed by atoms with van der Waals surface area (Å²) in [5.41, 5.74) is 0. The molecule has 2 aliphatic rings. The molecule has 0 spiro atoms. The Morgan fingerprint density at radius 1 is 1.30 bits per heavy atom. The van der Waals surface area contributed by atoms with E-state index in [1.54, 1.807) is 0 Å². The summed E-state index contributed by atoms with van der Waals surface area (Å²) in [7, 11) is 1.90. The van der Waals surface area contributed by atoms with E-state index in [0.29, 0.717) is 35.0 Å². The molecule has 0 N–H and O–H groups in total. The molecule has 0 bridgehead atoms. The van der Waals surface area contributed by atoms with Crippen molar-refractivity contribution in [1.29, 1.82) is 0 Å². The minimum Gasteiger partial charge on any atom is -0.485 e. The number of para-hydroxylation sites is 2. The average Bonchev–Trinajstić information content (AvgIpc) is 3.06. The second-order valence-electron chi connectivity index (χ2n) is 7.14. The number of nitrogens with zero attached hydrogens (tertiary/aromatic N) is 4. The first-order valence-corrected chi connectivity index (χ1v) is 10.3. The second kappa shape index (κ2) is 7.80. The fourth-order valence-electron chi connectivity index (χ4n) is 3.51. The van der Waals surface area contributed by atoms with Gasteiger partial charge in [-0.15, -0.1) is 10.2 Å². The fourth-order valence-corrected chi connectivity index (χ4v) is 4.33. The monoisotopic (exact) mass is 388 g/mol. The van der Waals surface area contributed by atoms with Gasteiger partial charge in [-0.2, -0.15) is 0 Å².